The molecular formula is C16H16N4O. The van der Waals surface area contributed by atoms with Crippen molar-refractivity contribution in [2.24, 2.45) is 0 Å². The van der Waals surface area contributed by atoms with Gasteiger partial charge in [0.2, 0.25) is 0 Å². The highest BCUT2D eigenvalue weighted by Gasteiger charge is 2.09. The number of nitrogens with one attached hydrogen (secondary N) is 1. The van der Waals surface area contributed by atoms with E-state index >= 15 is 0 Å². The van der Waals surface area contributed by atoms with Crippen LogP contribution in [-0.4, -0.2) is 32.7 Å². The summed E-state index contributed by atoms with van der Waals surface area (Å²) >= 11 is 0. The number of aliphatic hydroxyl groups is 1. The van der Waals surface area contributed by atoms with Gasteiger partial charge < -0.3 is 10.4 Å². The van der Waals surface area contributed by atoms with Crippen molar-refractivity contribution in [3.8, 4) is 11.4 Å². The normalized spacial score (nSPS) is 12.3. The fourth-order valence-corrected chi connectivity index (χ4v) is 2.09. The first-order valence-corrected chi connectivity index (χ1v) is 6.83. The van der Waals surface area contributed by atoms with Crippen LogP contribution in [0.3, 0.4) is 0 Å². The van der Waals surface area contributed by atoms with E-state index in [1.165, 1.54) is 0 Å². The molecule has 0 amide bonds. The summed E-state index contributed by atoms with van der Waals surface area (Å²) < 4.78 is 0. The lowest BCUT2D eigenvalue weighted by atomic mass is 10.2. The number of para-hydroxylation sites is 1. The van der Waals surface area contributed by atoms with Crippen LogP contribution in [0.4, 0.5) is 5.82 Å². The molecule has 5 heteroatoms. The Morgan fingerprint density at radius 1 is 1.10 bits per heavy atom. The van der Waals surface area contributed by atoms with Crippen LogP contribution in [0, 0.1) is 0 Å². The van der Waals surface area contributed by atoms with Gasteiger partial charge in [0.05, 0.1) is 11.6 Å². The van der Waals surface area contributed by atoms with Gasteiger partial charge in [-0.3, -0.25) is 4.98 Å². The SMILES string of the molecule is C[C@H](O)CNc1nc(-c2ccncc2)nc2ccccc12. The van der Waals surface area contributed by atoms with Gasteiger partial charge in [-0.25, -0.2) is 9.97 Å². The first-order valence-electron chi connectivity index (χ1n) is 6.83. The van der Waals surface area contributed by atoms with E-state index in [0.29, 0.717) is 12.4 Å². The second-order valence-corrected chi connectivity index (χ2v) is 4.88. The molecule has 0 saturated heterocycles. The summed E-state index contributed by atoms with van der Waals surface area (Å²) in [5.74, 6) is 1.37. The Kier molecular flexibility index (Phi) is 3.75. The average molecular weight is 280 g/mol. The maximum Gasteiger partial charge on any atom is 0.162 e. The van der Waals surface area contributed by atoms with Crippen LogP contribution in [0.1, 0.15) is 6.92 Å². The van der Waals surface area contributed by atoms with Gasteiger partial charge in [0.25, 0.3) is 0 Å². The fourth-order valence-electron chi connectivity index (χ4n) is 2.09. The Labute approximate surface area is 122 Å². The Bertz CT molecular complexity index is 744. The number of rotatable bonds is 4. The predicted molar refractivity (Wildman–Crippen MR) is 82.9 cm³/mol. The van der Waals surface area contributed by atoms with E-state index in [1.54, 1.807) is 19.3 Å². The van der Waals surface area contributed by atoms with Crippen LogP contribution in [0.2, 0.25) is 0 Å². The second kappa shape index (κ2) is 5.85. The molecule has 3 aromatic rings. The molecule has 1 atom stereocenters. The molecule has 0 spiro atoms. The van der Waals surface area contributed by atoms with Gasteiger partial charge in [-0.15, -0.1) is 0 Å². The topological polar surface area (TPSA) is 70.9 Å². The van der Waals surface area contributed by atoms with Gasteiger partial charge in [-0.2, -0.15) is 0 Å². The number of hydrogen-bond acceptors (Lipinski definition) is 5. The van der Waals surface area contributed by atoms with E-state index in [4.69, 9.17) is 0 Å². The van der Waals surface area contributed by atoms with Crippen LogP contribution in [0.5, 0.6) is 0 Å². The van der Waals surface area contributed by atoms with E-state index in [2.05, 4.69) is 20.3 Å². The molecule has 0 aliphatic rings. The number of fused-ring (bicyclic) bond motifs is 1. The van der Waals surface area contributed by atoms with E-state index in [1.807, 2.05) is 36.4 Å². The summed E-state index contributed by atoms with van der Waals surface area (Å²) in [6.07, 6.45) is 3.00. The molecule has 0 saturated carbocycles. The largest absolute Gasteiger partial charge is 0.392 e. The zero-order valence-corrected chi connectivity index (χ0v) is 11.7. The fraction of sp³-hybridized carbons (Fsp3) is 0.188. The summed E-state index contributed by atoms with van der Waals surface area (Å²) in [4.78, 5) is 13.2. The molecular weight excluding hydrogens is 264 g/mol. The van der Waals surface area contributed by atoms with Crippen molar-refractivity contribution in [1.82, 2.24) is 15.0 Å². The van der Waals surface area contributed by atoms with E-state index in [-0.39, 0.29) is 0 Å². The Morgan fingerprint density at radius 3 is 2.62 bits per heavy atom. The van der Waals surface area contributed by atoms with Crippen molar-refractivity contribution in [2.45, 2.75) is 13.0 Å². The predicted octanol–water partition coefficient (Wildman–Crippen LogP) is 2.48. The van der Waals surface area contributed by atoms with Crippen LogP contribution in [0.15, 0.2) is 48.8 Å². The molecule has 3 rings (SSSR count). The highest BCUT2D eigenvalue weighted by molar-refractivity contribution is 5.90. The minimum Gasteiger partial charge on any atom is -0.392 e. The highest BCUT2D eigenvalue weighted by Crippen LogP contribution is 2.24. The van der Waals surface area contributed by atoms with Crippen molar-refractivity contribution in [1.29, 1.82) is 0 Å². The van der Waals surface area contributed by atoms with Gasteiger partial charge in [-0.1, -0.05) is 12.1 Å². The van der Waals surface area contributed by atoms with Gasteiger partial charge in [-0.05, 0) is 31.2 Å². The number of aliphatic hydroxyl groups excluding tert-OH is 1. The zero-order chi connectivity index (χ0) is 14.7. The Hall–Kier alpha value is -2.53. The first-order chi connectivity index (χ1) is 10.2. The highest BCUT2D eigenvalue weighted by atomic mass is 16.3. The van der Waals surface area contributed by atoms with E-state index < -0.39 is 6.10 Å². The lowest BCUT2D eigenvalue weighted by molar-refractivity contribution is 0.208. The molecule has 2 N–H and O–H groups in total. The van der Waals surface area contributed by atoms with E-state index in [9.17, 15) is 5.11 Å². The number of aromatic nitrogens is 3. The lowest BCUT2D eigenvalue weighted by Crippen LogP contribution is -2.16. The van der Waals surface area contributed by atoms with Gasteiger partial charge >= 0.3 is 0 Å². The molecule has 0 aliphatic heterocycles. The van der Waals surface area contributed by atoms with Crippen LogP contribution in [-0.2, 0) is 0 Å². The zero-order valence-electron chi connectivity index (χ0n) is 11.7. The third-order valence-electron chi connectivity index (χ3n) is 3.11. The van der Waals surface area contributed by atoms with Crippen molar-refractivity contribution in [3.63, 3.8) is 0 Å². The van der Waals surface area contributed by atoms with Crippen molar-refractivity contribution >= 4 is 16.7 Å². The minimum atomic E-state index is -0.442. The van der Waals surface area contributed by atoms with Gasteiger partial charge in [0.15, 0.2) is 5.82 Å². The Morgan fingerprint density at radius 2 is 1.86 bits per heavy atom. The molecule has 0 aliphatic carbocycles. The second-order valence-electron chi connectivity index (χ2n) is 4.88. The number of benzene rings is 1. The molecule has 0 bridgehead atoms. The number of anilines is 1. The summed E-state index contributed by atoms with van der Waals surface area (Å²) in [5, 5.41) is 13.6. The van der Waals surface area contributed by atoms with Gasteiger partial charge in [0, 0.05) is 29.9 Å². The summed E-state index contributed by atoms with van der Waals surface area (Å²) in [6.45, 7) is 2.18. The molecule has 5 nitrogen and oxygen atoms in total. The maximum atomic E-state index is 9.46. The van der Waals surface area contributed by atoms with Crippen molar-refractivity contribution < 1.29 is 5.11 Å². The van der Waals surface area contributed by atoms with Crippen LogP contribution in [0.25, 0.3) is 22.3 Å². The van der Waals surface area contributed by atoms with Crippen LogP contribution < -0.4 is 5.32 Å². The van der Waals surface area contributed by atoms with Gasteiger partial charge in [0.1, 0.15) is 5.82 Å². The number of pyridine rings is 1. The van der Waals surface area contributed by atoms with Crippen LogP contribution >= 0.6 is 0 Å². The average Bonchev–Trinajstić information content (AvgIpc) is 2.53. The lowest BCUT2D eigenvalue weighted by Gasteiger charge is -2.12. The smallest absolute Gasteiger partial charge is 0.162 e. The number of hydrogen-bond donors (Lipinski definition) is 2. The van der Waals surface area contributed by atoms with E-state index in [0.717, 1.165) is 22.3 Å². The third-order valence-corrected chi connectivity index (χ3v) is 3.11. The maximum absolute atomic E-state index is 9.46. The quantitative estimate of drug-likeness (QED) is 0.768. The molecule has 0 fully saturated rings. The number of nitrogens with zero attached hydrogens (tertiary/aromatic N) is 3. The Balaban J connectivity index is 2.10. The molecule has 0 radical (unpaired) electrons. The molecule has 21 heavy (non-hydrogen) atoms. The molecule has 2 aromatic heterocycles. The summed E-state index contributed by atoms with van der Waals surface area (Å²) in [5.41, 5.74) is 1.78. The van der Waals surface area contributed by atoms with Crippen molar-refractivity contribution in [2.75, 3.05) is 11.9 Å². The molecule has 0 unspecified atom stereocenters. The first kappa shape index (κ1) is 13.5. The van der Waals surface area contributed by atoms with Crippen molar-refractivity contribution in [3.05, 3.63) is 48.8 Å². The summed E-state index contributed by atoms with van der Waals surface area (Å²) in [6, 6.07) is 11.6. The monoisotopic (exact) mass is 280 g/mol. The minimum absolute atomic E-state index is 0.441. The molecule has 2 heterocycles. The molecule has 1 aromatic carbocycles. The standard InChI is InChI=1S/C16H16N4O/c1-11(21)10-18-16-13-4-2-3-5-14(13)19-15(20-16)12-6-8-17-9-7-12/h2-9,11,21H,10H2,1H3,(H,18,19,20)/t11-/m0/s1. The molecule has 106 valence electrons. The summed E-state index contributed by atoms with van der Waals surface area (Å²) in [7, 11) is 0. The third kappa shape index (κ3) is 2.98.